The highest BCUT2D eigenvalue weighted by atomic mass is 79.9. The van der Waals surface area contributed by atoms with Crippen LogP contribution in [0.3, 0.4) is 0 Å². The van der Waals surface area contributed by atoms with Gasteiger partial charge < -0.3 is 10.5 Å². The van der Waals surface area contributed by atoms with E-state index >= 15 is 0 Å². The molecule has 98 valence electrons. The molecule has 0 bridgehead atoms. The summed E-state index contributed by atoms with van der Waals surface area (Å²) in [5.74, 6) is 1.77. The number of ether oxygens (including phenoxy) is 1. The van der Waals surface area contributed by atoms with Crippen LogP contribution in [0.1, 0.15) is 38.2 Å². The van der Waals surface area contributed by atoms with Crippen LogP contribution < -0.4 is 10.5 Å². The van der Waals surface area contributed by atoms with Crippen LogP contribution in [-0.2, 0) is 5.41 Å². The van der Waals surface area contributed by atoms with Gasteiger partial charge in [0.15, 0.2) is 0 Å². The van der Waals surface area contributed by atoms with Gasteiger partial charge in [-0.3, -0.25) is 0 Å². The highest BCUT2D eigenvalue weighted by Gasteiger charge is 2.47. The van der Waals surface area contributed by atoms with Crippen molar-refractivity contribution in [3.8, 4) is 5.75 Å². The van der Waals surface area contributed by atoms with Gasteiger partial charge in [-0.1, -0.05) is 15.9 Å². The minimum absolute atomic E-state index is 0.196. The lowest BCUT2D eigenvalue weighted by atomic mass is 9.89. The zero-order valence-corrected chi connectivity index (χ0v) is 12.4. The molecule has 2 aliphatic carbocycles. The minimum Gasteiger partial charge on any atom is -0.493 e. The molecule has 0 aromatic heterocycles. The standard InChI is InChI=1S/C15H20BrNO/c1-10(17)15(4-5-15)12-6-13(16)8-14(7-12)18-9-11-2-3-11/h6-8,10-11H,2-5,9,17H2,1H3. The van der Waals surface area contributed by atoms with Crippen LogP contribution in [0.5, 0.6) is 5.75 Å². The summed E-state index contributed by atoms with van der Waals surface area (Å²) in [5.41, 5.74) is 7.67. The second kappa shape index (κ2) is 4.53. The van der Waals surface area contributed by atoms with E-state index in [1.165, 1.54) is 31.2 Å². The van der Waals surface area contributed by atoms with Gasteiger partial charge in [0.25, 0.3) is 0 Å². The summed E-state index contributed by atoms with van der Waals surface area (Å²) in [5, 5.41) is 0. The third-order valence-corrected chi connectivity index (χ3v) is 4.75. The molecule has 2 saturated carbocycles. The van der Waals surface area contributed by atoms with E-state index in [1.54, 1.807) is 0 Å². The minimum atomic E-state index is 0.196. The van der Waals surface area contributed by atoms with Crippen LogP contribution in [0.25, 0.3) is 0 Å². The van der Waals surface area contributed by atoms with Crippen molar-refractivity contribution < 1.29 is 4.74 Å². The van der Waals surface area contributed by atoms with E-state index < -0.39 is 0 Å². The molecule has 2 aliphatic rings. The second-order valence-corrected chi connectivity index (χ2v) is 6.79. The Morgan fingerprint density at radius 3 is 2.67 bits per heavy atom. The van der Waals surface area contributed by atoms with Crippen LogP contribution in [0.4, 0.5) is 0 Å². The van der Waals surface area contributed by atoms with Crippen LogP contribution in [-0.4, -0.2) is 12.6 Å². The molecular formula is C15H20BrNO. The Hall–Kier alpha value is -0.540. The molecule has 1 aromatic rings. The number of halogens is 1. The fourth-order valence-electron chi connectivity index (χ4n) is 2.57. The Balaban J connectivity index is 1.81. The largest absolute Gasteiger partial charge is 0.493 e. The normalized spacial score (nSPS) is 22.6. The average Bonchev–Trinajstić information content (AvgIpc) is 3.18. The summed E-state index contributed by atoms with van der Waals surface area (Å²) in [4.78, 5) is 0. The van der Waals surface area contributed by atoms with Gasteiger partial charge in [-0.15, -0.1) is 0 Å². The third kappa shape index (κ3) is 2.43. The molecule has 18 heavy (non-hydrogen) atoms. The van der Waals surface area contributed by atoms with Crippen molar-refractivity contribution in [2.75, 3.05) is 6.61 Å². The molecule has 0 aliphatic heterocycles. The molecule has 2 nitrogen and oxygen atoms in total. The zero-order valence-electron chi connectivity index (χ0n) is 10.8. The van der Waals surface area contributed by atoms with Crippen LogP contribution in [0.2, 0.25) is 0 Å². The number of hydrogen-bond acceptors (Lipinski definition) is 2. The van der Waals surface area contributed by atoms with Crippen LogP contribution in [0.15, 0.2) is 22.7 Å². The van der Waals surface area contributed by atoms with Gasteiger partial charge in [0.1, 0.15) is 5.75 Å². The first-order valence-corrected chi connectivity index (χ1v) is 7.59. The number of rotatable bonds is 5. The van der Waals surface area contributed by atoms with Gasteiger partial charge in [0, 0.05) is 15.9 Å². The number of hydrogen-bond donors (Lipinski definition) is 1. The molecule has 1 unspecified atom stereocenters. The predicted molar refractivity (Wildman–Crippen MR) is 76.9 cm³/mol. The van der Waals surface area contributed by atoms with Gasteiger partial charge in [-0.2, -0.15) is 0 Å². The van der Waals surface area contributed by atoms with Crippen molar-refractivity contribution in [2.24, 2.45) is 11.7 Å². The van der Waals surface area contributed by atoms with Gasteiger partial charge >= 0.3 is 0 Å². The lowest BCUT2D eigenvalue weighted by Crippen LogP contribution is -2.31. The molecule has 3 heteroatoms. The third-order valence-electron chi connectivity index (χ3n) is 4.29. The van der Waals surface area contributed by atoms with Crippen molar-refractivity contribution in [3.05, 3.63) is 28.2 Å². The summed E-state index contributed by atoms with van der Waals surface area (Å²) in [6, 6.07) is 6.65. The topological polar surface area (TPSA) is 35.2 Å². The fourth-order valence-corrected chi connectivity index (χ4v) is 3.05. The smallest absolute Gasteiger partial charge is 0.120 e. The summed E-state index contributed by atoms with van der Waals surface area (Å²) in [6.07, 6.45) is 5.04. The van der Waals surface area contributed by atoms with E-state index in [0.29, 0.717) is 0 Å². The molecule has 0 amide bonds. The quantitative estimate of drug-likeness (QED) is 0.901. The first-order chi connectivity index (χ1) is 8.60. The van der Waals surface area contributed by atoms with E-state index in [0.717, 1.165) is 22.7 Å². The number of benzene rings is 1. The maximum absolute atomic E-state index is 6.14. The van der Waals surface area contributed by atoms with Crippen molar-refractivity contribution >= 4 is 15.9 Å². The monoisotopic (exact) mass is 309 g/mol. The SMILES string of the molecule is CC(N)C1(c2cc(Br)cc(OCC3CC3)c2)CC1. The molecule has 0 saturated heterocycles. The van der Waals surface area contributed by atoms with Crippen molar-refractivity contribution in [1.29, 1.82) is 0 Å². The Morgan fingerprint density at radius 1 is 1.39 bits per heavy atom. The Kier molecular flexibility index (Phi) is 3.15. The molecule has 2 N–H and O–H groups in total. The first kappa shape index (κ1) is 12.5. The summed E-state index contributed by atoms with van der Waals surface area (Å²) in [7, 11) is 0. The predicted octanol–water partition coefficient (Wildman–Crippen LogP) is 3.62. The second-order valence-electron chi connectivity index (χ2n) is 5.87. The fraction of sp³-hybridized carbons (Fsp3) is 0.600. The summed E-state index contributed by atoms with van der Waals surface area (Å²) >= 11 is 3.58. The molecule has 2 fully saturated rings. The van der Waals surface area contributed by atoms with Crippen LogP contribution >= 0.6 is 15.9 Å². The Bertz CT molecular complexity index is 450. The summed E-state index contributed by atoms with van der Waals surface area (Å²) < 4.78 is 6.98. The van der Waals surface area contributed by atoms with Crippen molar-refractivity contribution in [3.63, 3.8) is 0 Å². The zero-order chi connectivity index (χ0) is 12.8. The van der Waals surface area contributed by atoms with Gasteiger partial charge in [0.05, 0.1) is 6.61 Å². The van der Waals surface area contributed by atoms with Crippen LogP contribution in [0, 0.1) is 5.92 Å². The highest BCUT2D eigenvalue weighted by Crippen LogP contribution is 2.51. The van der Waals surface area contributed by atoms with Gasteiger partial charge in [-0.05, 0) is 62.3 Å². The molecule has 0 radical (unpaired) electrons. The van der Waals surface area contributed by atoms with E-state index in [-0.39, 0.29) is 11.5 Å². The molecule has 3 rings (SSSR count). The summed E-state index contributed by atoms with van der Waals surface area (Å²) in [6.45, 7) is 2.97. The Labute approximate surface area is 117 Å². The highest BCUT2D eigenvalue weighted by molar-refractivity contribution is 9.10. The molecule has 1 aromatic carbocycles. The lowest BCUT2D eigenvalue weighted by Gasteiger charge is -2.21. The maximum atomic E-state index is 6.14. The molecule has 0 spiro atoms. The van der Waals surface area contributed by atoms with E-state index in [2.05, 4.69) is 41.1 Å². The average molecular weight is 310 g/mol. The van der Waals surface area contributed by atoms with E-state index in [4.69, 9.17) is 10.5 Å². The Morgan fingerprint density at radius 2 is 2.11 bits per heavy atom. The van der Waals surface area contributed by atoms with Gasteiger partial charge in [-0.25, -0.2) is 0 Å². The molecule has 0 heterocycles. The molecular weight excluding hydrogens is 290 g/mol. The first-order valence-electron chi connectivity index (χ1n) is 6.80. The van der Waals surface area contributed by atoms with Gasteiger partial charge in [0.2, 0.25) is 0 Å². The number of nitrogens with two attached hydrogens (primary N) is 1. The van der Waals surface area contributed by atoms with Crippen molar-refractivity contribution in [2.45, 2.75) is 44.1 Å². The van der Waals surface area contributed by atoms with E-state index in [1.807, 2.05) is 0 Å². The van der Waals surface area contributed by atoms with Crippen molar-refractivity contribution in [1.82, 2.24) is 0 Å². The van der Waals surface area contributed by atoms with E-state index in [9.17, 15) is 0 Å². The molecule has 1 atom stereocenters. The maximum Gasteiger partial charge on any atom is 0.120 e. The lowest BCUT2D eigenvalue weighted by molar-refractivity contribution is 0.299.